The monoisotopic (exact) mass is 789 g/mol. The van der Waals surface area contributed by atoms with E-state index in [1.807, 2.05) is 21.1 Å². The molecular formula is C44H87NO8P+. The molecule has 0 spiro atoms. The Hall–Kier alpha value is -1.25. The van der Waals surface area contributed by atoms with Crippen LogP contribution in [0, 0.1) is 0 Å². The number of phosphoric ester groups is 1. The largest absolute Gasteiger partial charge is 0.472 e. The van der Waals surface area contributed by atoms with Crippen molar-refractivity contribution in [2.24, 2.45) is 0 Å². The van der Waals surface area contributed by atoms with Crippen LogP contribution in [-0.2, 0) is 32.7 Å². The number of allylic oxidation sites excluding steroid dienone is 2. The van der Waals surface area contributed by atoms with Crippen LogP contribution in [0.3, 0.4) is 0 Å². The topological polar surface area (TPSA) is 108 Å². The molecule has 0 aliphatic heterocycles. The van der Waals surface area contributed by atoms with Gasteiger partial charge >= 0.3 is 19.8 Å². The number of hydrogen-bond donors (Lipinski definition) is 1. The molecule has 0 heterocycles. The highest BCUT2D eigenvalue weighted by atomic mass is 31.2. The average molecular weight is 789 g/mol. The van der Waals surface area contributed by atoms with Crippen LogP contribution in [0.25, 0.3) is 0 Å². The fourth-order valence-electron chi connectivity index (χ4n) is 6.24. The Balaban J connectivity index is 4.30. The second kappa shape index (κ2) is 37.3. The third-order valence-corrected chi connectivity index (χ3v) is 10.8. The first-order valence-electron chi connectivity index (χ1n) is 22.4. The van der Waals surface area contributed by atoms with E-state index in [4.69, 9.17) is 18.5 Å². The van der Waals surface area contributed by atoms with Crippen molar-refractivity contribution < 1.29 is 42.1 Å². The number of rotatable bonds is 41. The summed E-state index contributed by atoms with van der Waals surface area (Å²) in [4.78, 5) is 35.3. The predicted octanol–water partition coefficient (Wildman–Crippen LogP) is 12.6. The summed E-state index contributed by atoms with van der Waals surface area (Å²) in [7, 11) is 1.49. The summed E-state index contributed by atoms with van der Waals surface area (Å²) in [6.07, 6.45) is 38.2. The maximum atomic E-state index is 12.7. The normalized spacial score (nSPS) is 13.7. The molecule has 0 rings (SSSR count). The van der Waals surface area contributed by atoms with Crippen LogP contribution in [-0.4, -0.2) is 74.9 Å². The zero-order chi connectivity index (χ0) is 40.0. The zero-order valence-corrected chi connectivity index (χ0v) is 36.9. The standard InChI is InChI=1S/C44H86NO8P/c1-6-8-10-12-14-16-18-20-21-22-23-25-26-28-30-32-34-36-43(46)50-40-42(41-52-54(48,49)51-39-38-45(3,4)5)53-44(47)37-35-33-31-29-27-24-19-17-15-13-11-9-7-2/h16,18,42H,6-15,17,19-41H2,1-5H3/p+1/b18-16+/t42-/m1/s1. The average Bonchev–Trinajstić information content (AvgIpc) is 3.12. The van der Waals surface area contributed by atoms with Crippen molar-refractivity contribution in [3.63, 3.8) is 0 Å². The van der Waals surface area contributed by atoms with Gasteiger partial charge in [-0.3, -0.25) is 18.6 Å². The quantitative estimate of drug-likeness (QED) is 0.0214. The van der Waals surface area contributed by atoms with Gasteiger partial charge in [0.25, 0.3) is 0 Å². The lowest BCUT2D eigenvalue weighted by Crippen LogP contribution is -2.37. The van der Waals surface area contributed by atoms with Gasteiger partial charge in [0.1, 0.15) is 19.8 Å². The number of quaternary nitrogens is 1. The summed E-state index contributed by atoms with van der Waals surface area (Å²) in [6.45, 7) is 4.43. The highest BCUT2D eigenvalue weighted by Gasteiger charge is 2.27. The van der Waals surface area contributed by atoms with Crippen LogP contribution in [0.4, 0.5) is 0 Å². The molecule has 0 bridgehead atoms. The Labute approximate surface area is 333 Å². The molecule has 0 saturated heterocycles. The lowest BCUT2D eigenvalue weighted by molar-refractivity contribution is -0.870. The van der Waals surface area contributed by atoms with Gasteiger partial charge < -0.3 is 18.9 Å². The van der Waals surface area contributed by atoms with Gasteiger partial charge in [-0.1, -0.05) is 167 Å². The van der Waals surface area contributed by atoms with Crippen LogP contribution in [0.2, 0.25) is 0 Å². The van der Waals surface area contributed by atoms with E-state index in [1.54, 1.807) is 0 Å². The molecule has 0 saturated carbocycles. The van der Waals surface area contributed by atoms with Crippen LogP contribution < -0.4 is 0 Å². The molecule has 1 unspecified atom stereocenters. The minimum Gasteiger partial charge on any atom is -0.462 e. The second-order valence-electron chi connectivity index (χ2n) is 16.4. The smallest absolute Gasteiger partial charge is 0.462 e. The molecule has 0 amide bonds. The molecule has 0 aliphatic rings. The van der Waals surface area contributed by atoms with Gasteiger partial charge in [0.15, 0.2) is 6.10 Å². The Morgan fingerprint density at radius 2 is 0.944 bits per heavy atom. The maximum Gasteiger partial charge on any atom is 0.472 e. The number of phosphoric acid groups is 1. The van der Waals surface area contributed by atoms with E-state index in [-0.39, 0.29) is 25.6 Å². The van der Waals surface area contributed by atoms with E-state index in [1.165, 1.54) is 141 Å². The van der Waals surface area contributed by atoms with Crippen molar-refractivity contribution in [1.29, 1.82) is 0 Å². The minimum absolute atomic E-state index is 0.0347. The first-order valence-corrected chi connectivity index (χ1v) is 23.9. The number of carbonyl (C=O) groups is 2. The van der Waals surface area contributed by atoms with Crippen molar-refractivity contribution >= 4 is 19.8 Å². The van der Waals surface area contributed by atoms with E-state index in [0.29, 0.717) is 23.9 Å². The van der Waals surface area contributed by atoms with E-state index in [0.717, 1.165) is 32.1 Å². The van der Waals surface area contributed by atoms with Gasteiger partial charge in [-0.2, -0.15) is 0 Å². The summed E-state index contributed by atoms with van der Waals surface area (Å²) in [5.74, 6) is -0.791. The van der Waals surface area contributed by atoms with Crippen molar-refractivity contribution in [2.45, 2.75) is 213 Å². The summed E-state index contributed by atoms with van der Waals surface area (Å²) in [5, 5.41) is 0. The number of ether oxygens (including phenoxy) is 2. The molecule has 0 radical (unpaired) electrons. The Bertz CT molecular complexity index is 938. The molecule has 9 nitrogen and oxygen atoms in total. The Kier molecular flexibility index (Phi) is 36.5. The third kappa shape index (κ3) is 40.4. The van der Waals surface area contributed by atoms with Crippen LogP contribution in [0.15, 0.2) is 12.2 Å². The number of carbonyl (C=O) groups excluding carboxylic acids is 2. The molecular weight excluding hydrogens is 701 g/mol. The highest BCUT2D eigenvalue weighted by molar-refractivity contribution is 7.47. The molecule has 10 heteroatoms. The highest BCUT2D eigenvalue weighted by Crippen LogP contribution is 2.43. The number of hydrogen-bond acceptors (Lipinski definition) is 7. The van der Waals surface area contributed by atoms with Gasteiger partial charge in [0.05, 0.1) is 27.7 Å². The number of unbranched alkanes of at least 4 members (excludes halogenated alkanes) is 25. The van der Waals surface area contributed by atoms with Crippen LogP contribution >= 0.6 is 7.82 Å². The fourth-order valence-corrected chi connectivity index (χ4v) is 6.99. The minimum atomic E-state index is -4.37. The van der Waals surface area contributed by atoms with Crippen molar-refractivity contribution in [3.05, 3.63) is 12.2 Å². The molecule has 0 aliphatic carbocycles. The number of nitrogens with zero attached hydrogens (tertiary/aromatic N) is 1. The first-order chi connectivity index (χ1) is 26.0. The summed E-state index contributed by atoms with van der Waals surface area (Å²) in [5.41, 5.74) is 0. The second-order valence-corrected chi connectivity index (χ2v) is 17.9. The van der Waals surface area contributed by atoms with Gasteiger partial charge in [-0.15, -0.1) is 0 Å². The number of esters is 2. The van der Waals surface area contributed by atoms with E-state index < -0.39 is 26.5 Å². The predicted molar refractivity (Wildman–Crippen MR) is 224 cm³/mol. The Morgan fingerprint density at radius 3 is 1.39 bits per heavy atom. The van der Waals surface area contributed by atoms with Crippen LogP contribution in [0.5, 0.6) is 0 Å². The van der Waals surface area contributed by atoms with Gasteiger partial charge in [-0.05, 0) is 38.5 Å². The molecule has 54 heavy (non-hydrogen) atoms. The Morgan fingerprint density at radius 1 is 0.556 bits per heavy atom. The van der Waals surface area contributed by atoms with E-state index >= 15 is 0 Å². The van der Waals surface area contributed by atoms with Crippen molar-refractivity contribution in [1.82, 2.24) is 0 Å². The van der Waals surface area contributed by atoms with Gasteiger partial charge in [0.2, 0.25) is 0 Å². The number of likely N-dealkylation sites (N-methyl/N-ethyl adjacent to an activating group) is 1. The molecule has 1 N–H and O–H groups in total. The molecule has 320 valence electrons. The first kappa shape index (κ1) is 52.8. The molecule has 2 atom stereocenters. The van der Waals surface area contributed by atoms with Gasteiger partial charge in [0, 0.05) is 12.8 Å². The SMILES string of the molecule is CCCCCC/C=C/CCCCCCCCCCCC(=O)OC[C@H](COP(=O)(O)OCC[N+](C)(C)C)OC(=O)CCCCCCCCCCCCCCC. The maximum absolute atomic E-state index is 12.7. The lowest BCUT2D eigenvalue weighted by Gasteiger charge is -2.24. The fraction of sp³-hybridized carbons (Fsp3) is 0.909. The molecule has 0 fully saturated rings. The molecule has 0 aromatic carbocycles. The zero-order valence-electron chi connectivity index (χ0n) is 36.0. The summed E-state index contributed by atoms with van der Waals surface area (Å²) in [6, 6.07) is 0. The van der Waals surface area contributed by atoms with E-state index in [2.05, 4.69) is 26.0 Å². The lowest BCUT2D eigenvalue weighted by atomic mass is 10.0. The van der Waals surface area contributed by atoms with Gasteiger partial charge in [-0.25, -0.2) is 4.57 Å². The van der Waals surface area contributed by atoms with Crippen molar-refractivity contribution in [2.75, 3.05) is 47.5 Å². The summed E-state index contributed by atoms with van der Waals surface area (Å²) >= 11 is 0. The molecule has 0 aromatic heterocycles. The van der Waals surface area contributed by atoms with Crippen LogP contribution in [0.1, 0.15) is 206 Å². The third-order valence-electron chi connectivity index (χ3n) is 9.80. The summed E-state index contributed by atoms with van der Waals surface area (Å²) < 4.78 is 34.3. The van der Waals surface area contributed by atoms with E-state index in [9.17, 15) is 19.0 Å². The molecule has 0 aromatic rings. The van der Waals surface area contributed by atoms with Crippen molar-refractivity contribution in [3.8, 4) is 0 Å².